The van der Waals surface area contributed by atoms with Crippen LogP contribution in [0.2, 0.25) is 0 Å². The highest BCUT2D eigenvalue weighted by Gasteiger charge is 2.56. The van der Waals surface area contributed by atoms with Crippen molar-refractivity contribution in [1.29, 1.82) is 0 Å². The van der Waals surface area contributed by atoms with E-state index < -0.39 is 18.0 Å². The summed E-state index contributed by atoms with van der Waals surface area (Å²) in [5.41, 5.74) is 0.880. The number of carbonyl (C=O) groups is 2. The molecule has 132 valence electrons. The van der Waals surface area contributed by atoms with Gasteiger partial charge in [-0.3, -0.25) is 4.79 Å². The van der Waals surface area contributed by atoms with Crippen LogP contribution >= 0.6 is 20.3 Å². The van der Waals surface area contributed by atoms with Gasteiger partial charge in [-0.1, -0.05) is 36.4 Å². The van der Waals surface area contributed by atoms with Crippen LogP contribution in [0.1, 0.15) is 26.7 Å². The number of fused-ring (bicyclic) bond motifs is 1. The highest BCUT2D eigenvalue weighted by Crippen LogP contribution is 2.46. The van der Waals surface area contributed by atoms with Gasteiger partial charge in [0.15, 0.2) is 0 Å². The Morgan fingerprint density at radius 1 is 1.58 bits per heavy atom. The molecule has 1 amide bonds. The van der Waals surface area contributed by atoms with Crippen LogP contribution in [-0.4, -0.2) is 50.3 Å². The molecule has 2 rings (SSSR count). The van der Waals surface area contributed by atoms with Crippen LogP contribution in [-0.2, 0) is 9.59 Å². The smallest absolute Gasteiger partial charge is 0.352 e. The van der Waals surface area contributed by atoms with Crippen molar-refractivity contribution in [3.8, 4) is 0 Å². The van der Waals surface area contributed by atoms with E-state index in [0.29, 0.717) is 12.2 Å². The highest BCUT2D eigenvalue weighted by molar-refractivity contribution is 8.84. The summed E-state index contributed by atoms with van der Waals surface area (Å²) < 4.78 is 0. The Morgan fingerprint density at radius 2 is 2.29 bits per heavy atom. The molecule has 1 fully saturated rings. The zero-order valence-corrected chi connectivity index (χ0v) is 15.5. The van der Waals surface area contributed by atoms with Crippen molar-refractivity contribution in [3.05, 3.63) is 35.4 Å². The second-order valence-electron chi connectivity index (χ2n) is 5.75. The van der Waals surface area contributed by atoms with Gasteiger partial charge in [0.2, 0.25) is 5.91 Å². The van der Waals surface area contributed by atoms with Crippen LogP contribution in [0, 0.1) is 5.92 Å². The molecule has 2 N–H and O–H groups in total. The molecule has 4 atom stereocenters. The minimum atomic E-state index is -1.07. The first-order valence-electron chi connectivity index (χ1n) is 7.86. The number of amides is 1. The van der Waals surface area contributed by atoms with Crippen LogP contribution < -0.4 is 0 Å². The van der Waals surface area contributed by atoms with Crippen LogP contribution in [0.25, 0.3) is 0 Å². The van der Waals surface area contributed by atoms with Crippen molar-refractivity contribution in [2.45, 2.75) is 38.8 Å². The zero-order chi connectivity index (χ0) is 17.9. The van der Waals surface area contributed by atoms with Crippen molar-refractivity contribution in [3.63, 3.8) is 0 Å². The molecule has 7 heteroatoms. The quantitative estimate of drug-likeness (QED) is 0.298. The second-order valence-corrected chi connectivity index (χ2v) is 9.33. The standard InChI is InChI=1S/C17H23NO4S2/c1-4-6-8-24(7-5-2)23-10-12-9-13-14(11(3)19)16(20)18(13)15(12)17(21)22/h5-8,11,13-14,19H,2,4,9-10H2,1,3H3,(H,21,22)/b8-6-/t11?,13-,14?,24?/m1/s1. The largest absolute Gasteiger partial charge is 0.477 e. The van der Waals surface area contributed by atoms with E-state index in [0.717, 1.165) is 12.0 Å². The number of hydrogen-bond acceptors (Lipinski definition) is 4. The summed E-state index contributed by atoms with van der Waals surface area (Å²) in [5, 5.41) is 23.3. The van der Waals surface area contributed by atoms with Crippen LogP contribution in [0.15, 0.2) is 35.4 Å². The van der Waals surface area contributed by atoms with Crippen LogP contribution in [0.4, 0.5) is 0 Å². The minimum Gasteiger partial charge on any atom is -0.477 e. The molecule has 2 heterocycles. The molecule has 0 saturated carbocycles. The fourth-order valence-corrected chi connectivity index (χ4v) is 6.17. The highest BCUT2D eigenvalue weighted by atomic mass is 33.1. The zero-order valence-electron chi connectivity index (χ0n) is 13.8. The molecule has 0 spiro atoms. The van der Waals surface area contributed by atoms with Gasteiger partial charge in [-0.15, -0.1) is 9.52 Å². The third-order valence-corrected chi connectivity index (χ3v) is 7.58. The van der Waals surface area contributed by atoms with E-state index in [1.54, 1.807) is 23.8 Å². The normalized spacial score (nSPS) is 25.8. The Balaban J connectivity index is 2.16. The van der Waals surface area contributed by atoms with E-state index in [-0.39, 0.29) is 27.2 Å². The number of aliphatic hydroxyl groups is 1. The Morgan fingerprint density at radius 3 is 2.83 bits per heavy atom. The van der Waals surface area contributed by atoms with Crippen molar-refractivity contribution >= 4 is 37.6 Å². The van der Waals surface area contributed by atoms with Gasteiger partial charge < -0.3 is 15.1 Å². The van der Waals surface area contributed by atoms with E-state index in [1.807, 2.05) is 5.37 Å². The average molecular weight is 370 g/mol. The molecule has 0 bridgehead atoms. The molecule has 24 heavy (non-hydrogen) atoms. The average Bonchev–Trinajstić information content (AvgIpc) is 2.84. The lowest BCUT2D eigenvalue weighted by molar-refractivity contribution is -0.161. The summed E-state index contributed by atoms with van der Waals surface area (Å²) in [6, 6.07) is -0.212. The van der Waals surface area contributed by atoms with E-state index in [9.17, 15) is 19.8 Å². The number of carboxylic acids is 1. The number of hydrogen-bond donors (Lipinski definition) is 2. The fraction of sp³-hybridized carbons (Fsp3) is 0.471. The molecule has 2 aliphatic heterocycles. The third kappa shape index (κ3) is 3.68. The number of rotatable bonds is 8. The summed E-state index contributed by atoms with van der Waals surface area (Å²) >= 11 is 0. The number of allylic oxidation sites excluding steroid dienone is 2. The maximum Gasteiger partial charge on any atom is 0.352 e. The van der Waals surface area contributed by atoms with Crippen LogP contribution in [0.5, 0.6) is 0 Å². The summed E-state index contributed by atoms with van der Waals surface area (Å²) in [5.74, 6) is -1.28. The number of β-lactam (4-membered cyclic amide) rings is 1. The van der Waals surface area contributed by atoms with Gasteiger partial charge in [-0.05, 0) is 36.1 Å². The first-order valence-corrected chi connectivity index (χ1v) is 10.7. The lowest BCUT2D eigenvalue weighted by Crippen LogP contribution is -2.61. The molecule has 1 saturated heterocycles. The van der Waals surface area contributed by atoms with Gasteiger partial charge in [0, 0.05) is 5.75 Å². The maximum atomic E-state index is 12.2. The van der Waals surface area contributed by atoms with Gasteiger partial charge in [0.1, 0.15) is 5.70 Å². The summed E-state index contributed by atoms with van der Waals surface area (Å²) in [6.07, 6.45) is 4.54. The van der Waals surface area contributed by atoms with Crippen molar-refractivity contribution < 1.29 is 19.8 Å². The fourth-order valence-electron chi connectivity index (χ4n) is 3.04. The predicted molar refractivity (Wildman–Crippen MR) is 101 cm³/mol. The lowest BCUT2D eigenvalue weighted by atomic mass is 9.83. The predicted octanol–water partition coefficient (Wildman–Crippen LogP) is 2.77. The van der Waals surface area contributed by atoms with Gasteiger partial charge in [0.05, 0.1) is 18.1 Å². The van der Waals surface area contributed by atoms with E-state index in [4.69, 9.17) is 0 Å². The second kappa shape index (κ2) is 8.18. The number of nitrogens with zero attached hydrogens (tertiary/aromatic N) is 1. The first kappa shape index (κ1) is 19.0. The Labute approximate surface area is 148 Å². The summed E-state index contributed by atoms with van der Waals surface area (Å²) in [4.78, 5) is 25.1. The van der Waals surface area contributed by atoms with E-state index >= 15 is 0 Å². The molecule has 0 aliphatic carbocycles. The Bertz CT molecular complexity index is 637. The Hall–Kier alpha value is -1.31. The van der Waals surface area contributed by atoms with Gasteiger partial charge in [0.25, 0.3) is 0 Å². The molecule has 0 aromatic heterocycles. The summed E-state index contributed by atoms with van der Waals surface area (Å²) in [6.45, 7) is 7.37. The molecule has 0 aromatic carbocycles. The minimum absolute atomic E-state index is 0.107. The topological polar surface area (TPSA) is 77.8 Å². The molecule has 5 nitrogen and oxygen atoms in total. The molecular weight excluding hydrogens is 346 g/mol. The number of aliphatic hydroxyl groups excluding tert-OH is 1. The Kier molecular flexibility index (Phi) is 6.48. The lowest BCUT2D eigenvalue weighted by Gasteiger charge is -2.44. The number of aliphatic carboxylic acids is 1. The van der Waals surface area contributed by atoms with Gasteiger partial charge in [-0.25, -0.2) is 4.79 Å². The molecule has 0 radical (unpaired) electrons. The monoisotopic (exact) mass is 369 g/mol. The first-order chi connectivity index (χ1) is 11.4. The molecular formula is C17H23NO4S2. The molecule has 2 aliphatic rings. The van der Waals surface area contributed by atoms with Crippen LogP contribution in [0.3, 0.4) is 0 Å². The number of carboxylic acid groups (broad SMARTS) is 1. The molecule has 0 aromatic rings. The maximum absolute atomic E-state index is 12.2. The van der Waals surface area contributed by atoms with Gasteiger partial charge in [-0.2, -0.15) is 0 Å². The SMILES string of the molecule is C=C/C=S(\C=C/CC)SCC1=C(C(=O)O)N2C(=O)C(C(C)O)[C@H]2C1. The third-order valence-electron chi connectivity index (χ3n) is 4.09. The van der Waals surface area contributed by atoms with Crippen molar-refractivity contribution in [2.24, 2.45) is 5.92 Å². The van der Waals surface area contributed by atoms with Crippen molar-refractivity contribution in [1.82, 2.24) is 4.90 Å². The summed E-state index contributed by atoms with van der Waals surface area (Å²) in [7, 11) is 1.48. The van der Waals surface area contributed by atoms with Crippen molar-refractivity contribution in [2.75, 3.05) is 5.75 Å². The van der Waals surface area contributed by atoms with Gasteiger partial charge >= 0.3 is 5.97 Å². The van der Waals surface area contributed by atoms with E-state index in [2.05, 4.69) is 25.0 Å². The van der Waals surface area contributed by atoms with E-state index in [1.165, 1.54) is 4.90 Å². The molecule has 3 unspecified atom stereocenters. The number of carbonyl (C=O) groups excluding carboxylic acids is 1.